The first-order valence-electron chi connectivity index (χ1n) is 10.1. The minimum absolute atomic E-state index is 0.00559. The molecule has 2 aliphatic heterocycles. The lowest BCUT2D eigenvalue weighted by atomic mass is 9.99. The second-order valence-electron chi connectivity index (χ2n) is 7.72. The number of carbonyl (C=O) groups excluding carboxylic acids is 1. The van der Waals surface area contributed by atoms with Gasteiger partial charge >= 0.3 is 0 Å². The van der Waals surface area contributed by atoms with Gasteiger partial charge in [0.25, 0.3) is 0 Å². The van der Waals surface area contributed by atoms with Crippen molar-refractivity contribution in [3.8, 4) is 0 Å². The Labute approximate surface area is 190 Å². The van der Waals surface area contributed by atoms with E-state index in [1.165, 1.54) is 11.8 Å². The molecule has 0 aromatic heterocycles. The van der Waals surface area contributed by atoms with Crippen LogP contribution in [0.3, 0.4) is 0 Å². The molecule has 156 valence electrons. The van der Waals surface area contributed by atoms with Gasteiger partial charge in [0.1, 0.15) is 5.04 Å². The number of nitrogens with one attached hydrogen (secondary N) is 1. The monoisotopic (exact) mass is 484 g/mol. The predicted octanol–water partition coefficient (Wildman–Crippen LogP) is 4.12. The standard InChI is InChI=1S/C23H25BrN4OS/c1-28-13-11-23(12-14-28)26-21(18-7-9-19(24)10-8-18)22(27-23)30-16-20(29)25-15-17-5-3-2-4-6-17/h2-10H,11-16H2,1H3,(H,25,29). The Morgan fingerprint density at radius 3 is 2.50 bits per heavy atom. The zero-order valence-corrected chi connectivity index (χ0v) is 19.4. The molecule has 2 aromatic carbocycles. The maximum Gasteiger partial charge on any atom is 0.230 e. The number of likely N-dealkylation sites (tertiary alicyclic amines) is 1. The van der Waals surface area contributed by atoms with E-state index in [1.54, 1.807) is 0 Å². The second kappa shape index (κ2) is 9.45. The number of thioether (sulfide) groups is 1. The van der Waals surface area contributed by atoms with Crippen LogP contribution in [0.5, 0.6) is 0 Å². The zero-order valence-electron chi connectivity index (χ0n) is 17.0. The Balaban J connectivity index is 1.45. The van der Waals surface area contributed by atoms with Crippen LogP contribution < -0.4 is 5.32 Å². The van der Waals surface area contributed by atoms with E-state index >= 15 is 0 Å². The van der Waals surface area contributed by atoms with Crippen molar-refractivity contribution in [1.82, 2.24) is 10.2 Å². The smallest absolute Gasteiger partial charge is 0.230 e. The molecule has 2 heterocycles. The van der Waals surface area contributed by atoms with Gasteiger partial charge in [-0.15, -0.1) is 0 Å². The van der Waals surface area contributed by atoms with Gasteiger partial charge in [-0.1, -0.05) is 70.2 Å². The molecule has 0 radical (unpaired) electrons. The summed E-state index contributed by atoms with van der Waals surface area (Å²) in [5, 5.41) is 3.87. The van der Waals surface area contributed by atoms with Gasteiger partial charge in [0.2, 0.25) is 5.91 Å². The van der Waals surface area contributed by atoms with Gasteiger partial charge in [-0.05, 0) is 24.7 Å². The van der Waals surface area contributed by atoms with E-state index < -0.39 is 0 Å². The fourth-order valence-electron chi connectivity index (χ4n) is 3.60. The summed E-state index contributed by atoms with van der Waals surface area (Å²) in [6.45, 7) is 2.50. The number of halogens is 1. The molecular weight excluding hydrogens is 460 g/mol. The molecule has 1 spiro atoms. The molecule has 1 N–H and O–H groups in total. The van der Waals surface area contributed by atoms with Crippen LogP contribution in [0.2, 0.25) is 0 Å². The number of nitrogens with zero attached hydrogens (tertiary/aromatic N) is 3. The molecule has 30 heavy (non-hydrogen) atoms. The molecule has 1 saturated heterocycles. The number of hydrogen-bond donors (Lipinski definition) is 1. The number of amides is 1. The number of benzene rings is 2. The fourth-order valence-corrected chi connectivity index (χ4v) is 4.77. The lowest BCUT2D eigenvalue weighted by Gasteiger charge is -2.33. The molecular formula is C23H25BrN4OS. The van der Waals surface area contributed by atoms with Gasteiger partial charge in [0.05, 0.1) is 11.5 Å². The molecule has 0 bridgehead atoms. The molecule has 5 nitrogen and oxygen atoms in total. The second-order valence-corrected chi connectivity index (χ2v) is 9.60. The highest BCUT2D eigenvalue weighted by molar-refractivity contribution is 9.10. The first-order chi connectivity index (χ1) is 14.5. The molecule has 0 atom stereocenters. The highest BCUT2D eigenvalue weighted by Crippen LogP contribution is 2.35. The van der Waals surface area contributed by atoms with E-state index in [2.05, 4.69) is 45.3 Å². The number of hydrogen-bond acceptors (Lipinski definition) is 5. The van der Waals surface area contributed by atoms with Crippen LogP contribution in [0, 0.1) is 0 Å². The highest BCUT2D eigenvalue weighted by atomic mass is 79.9. The van der Waals surface area contributed by atoms with Gasteiger partial charge in [-0.25, -0.2) is 4.99 Å². The van der Waals surface area contributed by atoms with Crippen LogP contribution in [-0.4, -0.2) is 53.1 Å². The van der Waals surface area contributed by atoms with Gasteiger partial charge < -0.3 is 10.2 Å². The Kier molecular flexibility index (Phi) is 6.71. The summed E-state index contributed by atoms with van der Waals surface area (Å²) in [7, 11) is 2.14. The van der Waals surface area contributed by atoms with Gasteiger partial charge in [-0.3, -0.25) is 9.79 Å². The summed E-state index contributed by atoms with van der Waals surface area (Å²) in [5.74, 6) is 0.336. The molecule has 0 unspecified atom stereocenters. The molecule has 0 saturated carbocycles. The minimum atomic E-state index is -0.377. The summed E-state index contributed by atoms with van der Waals surface area (Å²) < 4.78 is 1.03. The average Bonchev–Trinajstić information content (AvgIpc) is 3.12. The first-order valence-corrected chi connectivity index (χ1v) is 11.9. The van der Waals surface area contributed by atoms with Crippen molar-refractivity contribution < 1.29 is 4.79 Å². The van der Waals surface area contributed by atoms with Crippen LogP contribution in [0.15, 0.2) is 69.1 Å². The maximum absolute atomic E-state index is 12.4. The lowest BCUT2D eigenvalue weighted by molar-refractivity contribution is -0.118. The maximum atomic E-state index is 12.4. The van der Waals surface area contributed by atoms with Crippen LogP contribution in [0.4, 0.5) is 0 Å². The topological polar surface area (TPSA) is 57.1 Å². The summed E-state index contributed by atoms with van der Waals surface area (Å²) in [6, 6.07) is 18.1. The van der Waals surface area contributed by atoms with E-state index in [0.717, 1.165) is 52.3 Å². The molecule has 2 aromatic rings. The van der Waals surface area contributed by atoms with Crippen LogP contribution in [0.25, 0.3) is 0 Å². The van der Waals surface area contributed by atoms with Gasteiger partial charge in [0, 0.05) is 42.5 Å². The van der Waals surface area contributed by atoms with Crippen LogP contribution in [-0.2, 0) is 11.3 Å². The van der Waals surface area contributed by atoms with E-state index in [4.69, 9.17) is 9.98 Å². The fraction of sp³-hybridized carbons (Fsp3) is 0.348. The molecule has 1 fully saturated rings. The molecule has 0 aliphatic carbocycles. The average molecular weight is 485 g/mol. The van der Waals surface area contributed by atoms with Crippen LogP contribution in [0.1, 0.15) is 24.0 Å². The third kappa shape index (κ3) is 5.20. The first kappa shape index (κ1) is 21.3. The largest absolute Gasteiger partial charge is 0.351 e. The molecule has 1 amide bonds. The summed E-state index contributed by atoms with van der Waals surface area (Å²) in [4.78, 5) is 24.9. The predicted molar refractivity (Wildman–Crippen MR) is 128 cm³/mol. The van der Waals surface area contributed by atoms with E-state index in [1.807, 2.05) is 42.5 Å². The van der Waals surface area contributed by atoms with Crippen molar-refractivity contribution in [2.24, 2.45) is 9.98 Å². The number of piperidine rings is 1. The molecule has 7 heteroatoms. The van der Waals surface area contributed by atoms with Crippen molar-refractivity contribution >= 4 is 44.4 Å². The third-order valence-corrected chi connectivity index (χ3v) is 6.90. The minimum Gasteiger partial charge on any atom is -0.351 e. The van der Waals surface area contributed by atoms with E-state index in [-0.39, 0.29) is 11.6 Å². The molecule has 4 rings (SSSR count). The van der Waals surface area contributed by atoms with Crippen molar-refractivity contribution in [2.45, 2.75) is 25.0 Å². The van der Waals surface area contributed by atoms with Gasteiger partial charge in [0.15, 0.2) is 5.66 Å². The quantitative estimate of drug-likeness (QED) is 0.694. The normalized spacial score (nSPS) is 18.2. The van der Waals surface area contributed by atoms with Crippen molar-refractivity contribution in [2.75, 3.05) is 25.9 Å². The number of carbonyl (C=O) groups is 1. The Hall–Kier alpha value is -1.96. The van der Waals surface area contributed by atoms with Crippen molar-refractivity contribution in [3.63, 3.8) is 0 Å². The summed E-state index contributed by atoms with van der Waals surface area (Å²) in [6.07, 6.45) is 1.82. The summed E-state index contributed by atoms with van der Waals surface area (Å²) in [5.41, 5.74) is 2.67. The van der Waals surface area contributed by atoms with Gasteiger partial charge in [-0.2, -0.15) is 0 Å². The van der Waals surface area contributed by atoms with Crippen molar-refractivity contribution in [3.05, 3.63) is 70.2 Å². The Morgan fingerprint density at radius 2 is 1.80 bits per heavy atom. The third-order valence-electron chi connectivity index (χ3n) is 5.41. The number of rotatable bonds is 5. The lowest BCUT2D eigenvalue weighted by Crippen LogP contribution is -2.39. The summed E-state index contributed by atoms with van der Waals surface area (Å²) >= 11 is 4.98. The SMILES string of the molecule is CN1CCC2(CC1)N=C(SCC(=O)NCc1ccccc1)C(c1ccc(Br)cc1)=N2. The van der Waals surface area contributed by atoms with Crippen molar-refractivity contribution in [1.29, 1.82) is 0 Å². The number of aliphatic imine (C=N–C) groups is 2. The Morgan fingerprint density at radius 1 is 1.10 bits per heavy atom. The van der Waals surface area contributed by atoms with Crippen LogP contribution >= 0.6 is 27.7 Å². The zero-order chi connectivity index (χ0) is 21.0. The Bertz CT molecular complexity index is 951. The van der Waals surface area contributed by atoms with E-state index in [0.29, 0.717) is 12.3 Å². The molecule has 2 aliphatic rings. The van der Waals surface area contributed by atoms with E-state index in [9.17, 15) is 4.79 Å². The highest BCUT2D eigenvalue weighted by Gasteiger charge is 2.39.